The first-order valence-corrected chi connectivity index (χ1v) is 16.0. The van der Waals surface area contributed by atoms with Gasteiger partial charge < -0.3 is 0 Å². The highest BCUT2D eigenvalue weighted by atomic mass is 14.8. The first-order valence-electron chi connectivity index (χ1n) is 16.0. The fraction of sp³-hybridized carbons (Fsp3) is 0.0909. The van der Waals surface area contributed by atoms with Crippen molar-refractivity contribution in [3.8, 4) is 22.4 Å². The van der Waals surface area contributed by atoms with E-state index in [1.54, 1.807) is 0 Å². The van der Waals surface area contributed by atoms with Crippen LogP contribution in [0.2, 0.25) is 0 Å². The molecule has 8 rings (SSSR count). The van der Waals surface area contributed by atoms with Crippen molar-refractivity contribution in [3.05, 3.63) is 150 Å². The zero-order chi connectivity index (χ0) is 31.2. The molecule has 6 aromatic carbocycles. The second kappa shape index (κ2) is 11.4. The van der Waals surface area contributed by atoms with Gasteiger partial charge in [-0.2, -0.15) is 0 Å². The minimum absolute atomic E-state index is 0.847. The monoisotopic (exact) mass is 590 g/mol. The van der Waals surface area contributed by atoms with Gasteiger partial charge in [0.2, 0.25) is 0 Å². The van der Waals surface area contributed by atoms with Gasteiger partial charge >= 0.3 is 0 Å². The van der Waals surface area contributed by atoms with Gasteiger partial charge in [0.05, 0.1) is 16.9 Å². The Balaban J connectivity index is 1.50. The number of hydrogen-bond donors (Lipinski definition) is 0. The van der Waals surface area contributed by atoms with Crippen LogP contribution in [0.3, 0.4) is 0 Å². The Morgan fingerprint density at radius 1 is 0.652 bits per heavy atom. The molecule has 0 aliphatic heterocycles. The van der Waals surface area contributed by atoms with Gasteiger partial charge in [0.1, 0.15) is 0 Å². The van der Waals surface area contributed by atoms with E-state index in [-0.39, 0.29) is 0 Å². The zero-order valence-corrected chi connectivity index (χ0v) is 26.4. The molecule has 1 aliphatic rings. The first kappa shape index (κ1) is 27.9. The third-order valence-corrected chi connectivity index (χ3v) is 9.19. The van der Waals surface area contributed by atoms with E-state index < -0.39 is 0 Å². The fourth-order valence-electron chi connectivity index (χ4n) is 7.04. The summed E-state index contributed by atoms with van der Waals surface area (Å²) in [6.45, 7) is 6.45. The molecule has 0 saturated carbocycles. The number of nitrogens with zero attached hydrogens (tertiary/aromatic N) is 2. The van der Waals surface area contributed by atoms with Crippen LogP contribution in [0.25, 0.3) is 71.7 Å². The minimum Gasteiger partial charge on any atom is -0.252 e. The van der Waals surface area contributed by atoms with Crippen LogP contribution in [0.15, 0.2) is 139 Å². The van der Waals surface area contributed by atoms with Crippen molar-refractivity contribution in [2.45, 2.75) is 27.2 Å². The molecule has 0 atom stereocenters. The number of aliphatic imine (C=N–C) groups is 1. The molecular formula is C44H34N2. The summed E-state index contributed by atoms with van der Waals surface area (Å²) in [4.78, 5) is 10.6. The number of benzene rings is 6. The summed E-state index contributed by atoms with van der Waals surface area (Å²) < 4.78 is 0. The van der Waals surface area contributed by atoms with Gasteiger partial charge in [-0.15, -0.1) is 0 Å². The Morgan fingerprint density at radius 2 is 1.35 bits per heavy atom. The number of rotatable bonds is 4. The molecule has 46 heavy (non-hydrogen) atoms. The summed E-state index contributed by atoms with van der Waals surface area (Å²) in [5.74, 6) is 0. The van der Waals surface area contributed by atoms with E-state index in [0.29, 0.717) is 0 Å². The van der Waals surface area contributed by atoms with Crippen LogP contribution < -0.4 is 0 Å². The highest BCUT2D eigenvalue weighted by Gasteiger charge is 2.19. The highest BCUT2D eigenvalue weighted by molar-refractivity contribution is 6.26. The lowest BCUT2D eigenvalue weighted by molar-refractivity contribution is 1.37. The van der Waals surface area contributed by atoms with E-state index in [9.17, 15) is 0 Å². The minimum atomic E-state index is 0.847. The largest absolute Gasteiger partial charge is 0.252 e. The summed E-state index contributed by atoms with van der Waals surface area (Å²) in [6.07, 6.45) is 13.6. The predicted molar refractivity (Wildman–Crippen MR) is 199 cm³/mol. The molecule has 1 heterocycles. The molecule has 1 aliphatic carbocycles. The van der Waals surface area contributed by atoms with Crippen molar-refractivity contribution in [1.29, 1.82) is 0 Å². The third kappa shape index (κ3) is 4.66. The van der Waals surface area contributed by atoms with Crippen molar-refractivity contribution < 1.29 is 0 Å². The van der Waals surface area contributed by atoms with Crippen LogP contribution in [0.5, 0.6) is 0 Å². The SMILES string of the molecule is C/C=C\c1cc2nc(-c3ccccc3)c3cc(-c4cc(C)c(N=C5C=CC=CC5)c5ccccc45)c4ccccc4c3c2cc1C. The lowest BCUT2D eigenvalue weighted by atomic mass is 9.87. The van der Waals surface area contributed by atoms with Crippen molar-refractivity contribution in [3.63, 3.8) is 0 Å². The molecule has 220 valence electrons. The maximum Gasteiger partial charge on any atom is 0.0788 e. The lowest BCUT2D eigenvalue weighted by Gasteiger charge is -2.19. The number of pyridine rings is 1. The second-order valence-electron chi connectivity index (χ2n) is 12.2. The molecule has 2 nitrogen and oxygen atoms in total. The Labute approximate surface area is 269 Å². The van der Waals surface area contributed by atoms with Gasteiger partial charge in [0.15, 0.2) is 0 Å². The van der Waals surface area contributed by atoms with Crippen molar-refractivity contribution in [2.24, 2.45) is 4.99 Å². The number of allylic oxidation sites excluding steroid dienone is 5. The Kier molecular flexibility index (Phi) is 6.92. The smallest absolute Gasteiger partial charge is 0.0788 e. The van der Waals surface area contributed by atoms with Gasteiger partial charge in [-0.25, -0.2) is 4.98 Å². The zero-order valence-electron chi connectivity index (χ0n) is 26.4. The number of aromatic nitrogens is 1. The maximum absolute atomic E-state index is 5.39. The molecule has 0 fully saturated rings. The van der Waals surface area contributed by atoms with Crippen molar-refractivity contribution >= 4 is 60.7 Å². The van der Waals surface area contributed by atoms with E-state index in [2.05, 4.69) is 160 Å². The molecule has 0 amide bonds. The molecule has 0 radical (unpaired) electrons. The topological polar surface area (TPSA) is 25.2 Å². The van der Waals surface area contributed by atoms with E-state index in [1.807, 2.05) is 0 Å². The van der Waals surface area contributed by atoms with E-state index in [4.69, 9.17) is 9.98 Å². The Hall–Kier alpha value is -5.60. The molecule has 0 saturated heterocycles. The number of aryl methyl sites for hydroxylation is 2. The van der Waals surface area contributed by atoms with Crippen molar-refractivity contribution in [1.82, 2.24) is 4.98 Å². The molecule has 0 spiro atoms. The standard InChI is InChI=1S/C44H34N2/c1-4-15-31-26-41-39(24-28(31)2)42-35-22-13-11-20-33(35)38(27-40(42)44(46-41)30-16-7-5-8-17-30)37-25-29(3)43(36-23-14-12-21-34(36)37)45-32-18-9-6-10-19-32/h4-18,20-27H,19H2,1-3H3/b15-4-,45-32?. The summed E-state index contributed by atoms with van der Waals surface area (Å²) in [6, 6.07) is 37.5. The number of fused-ring (bicyclic) bond motifs is 6. The maximum atomic E-state index is 5.39. The normalized spacial score (nSPS) is 14.1. The van der Waals surface area contributed by atoms with Crippen LogP contribution in [0.1, 0.15) is 30.0 Å². The van der Waals surface area contributed by atoms with Gasteiger partial charge in [-0.1, -0.05) is 109 Å². The average molecular weight is 591 g/mol. The molecule has 0 N–H and O–H groups in total. The quantitative estimate of drug-likeness (QED) is 0.187. The van der Waals surface area contributed by atoms with Gasteiger partial charge in [0.25, 0.3) is 0 Å². The first-order chi connectivity index (χ1) is 22.6. The summed E-state index contributed by atoms with van der Waals surface area (Å²) >= 11 is 0. The highest BCUT2D eigenvalue weighted by Crippen LogP contribution is 2.45. The van der Waals surface area contributed by atoms with Gasteiger partial charge in [0, 0.05) is 39.2 Å². The molecule has 2 heteroatoms. The van der Waals surface area contributed by atoms with Gasteiger partial charge in [-0.3, -0.25) is 4.99 Å². The van der Waals surface area contributed by atoms with E-state index >= 15 is 0 Å². The van der Waals surface area contributed by atoms with Crippen molar-refractivity contribution in [2.75, 3.05) is 0 Å². The Bertz CT molecular complexity index is 2460. The van der Waals surface area contributed by atoms with E-state index in [1.165, 1.54) is 60.1 Å². The van der Waals surface area contributed by atoms with Crippen LogP contribution in [-0.4, -0.2) is 10.7 Å². The average Bonchev–Trinajstić information content (AvgIpc) is 3.10. The third-order valence-electron chi connectivity index (χ3n) is 9.19. The predicted octanol–water partition coefficient (Wildman–Crippen LogP) is 12.3. The summed E-state index contributed by atoms with van der Waals surface area (Å²) in [7, 11) is 0. The molecular weight excluding hydrogens is 556 g/mol. The summed E-state index contributed by atoms with van der Waals surface area (Å²) in [5, 5.41) is 8.45. The van der Waals surface area contributed by atoms with Gasteiger partial charge in [-0.05, 0) is 95.1 Å². The number of hydrogen-bond acceptors (Lipinski definition) is 2. The lowest BCUT2D eigenvalue weighted by Crippen LogP contribution is -1.96. The molecule has 7 aromatic rings. The second-order valence-corrected chi connectivity index (χ2v) is 12.2. The molecule has 1 aromatic heterocycles. The van der Waals surface area contributed by atoms with Crippen LogP contribution in [0.4, 0.5) is 5.69 Å². The van der Waals surface area contributed by atoms with E-state index in [0.717, 1.165) is 40.0 Å². The fourth-order valence-corrected chi connectivity index (χ4v) is 7.04. The summed E-state index contributed by atoms with van der Waals surface area (Å²) in [5.41, 5.74) is 11.3. The van der Waals surface area contributed by atoms with Crippen LogP contribution in [0, 0.1) is 13.8 Å². The molecule has 0 unspecified atom stereocenters. The van der Waals surface area contributed by atoms with Crippen LogP contribution in [-0.2, 0) is 0 Å². The van der Waals surface area contributed by atoms with Crippen LogP contribution >= 0.6 is 0 Å². The Morgan fingerprint density at radius 3 is 2.09 bits per heavy atom. The molecule has 0 bridgehead atoms.